The molecule has 2 aliphatic rings. The van der Waals surface area contributed by atoms with E-state index < -0.39 is 0 Å². The van der Waals surface area contributed by atoms with E-state index in [1.54, 1.807) is 0 Å². The summed E-state index contributed by atoms with van der Waals surface area (Å²) >= 11 is 0. The highest BCUT2D eigenvalue weighted by atomic mass is 16.2. The first-order valence-corrected chi connectivity index (χ1v) is 6.60. The van der Waals surface area contributed by atoms with Gasteiger partial charge in [0.05, 0.1) is 0 Å². The number of rotatable bonds is 2. The molecule has 1 atom stereocenters. The van der Waals surface area contributed by atoms with Gasteiger partial charge in [0.2, 0.25) is 5.91 Å². The molecule has 86 valence electrons. The molecule has 2 rings (SSSR count). The molecule has 2 nitrogen and oxygen atoms in total. The van der Waals surface area contributed by atoms with Gasteiger partial charge in [0.25, 0.3) is 0 Å². The Morgan fingerprint density at radius 1 is 1.20 bits per heavy atom. The van der Waals surface area contributed by atoms with Gasteiger partial charge in [-0.3, -0.25) is 4.79 Å². The molecule has 1 saturated heterocycles. The quantitative estimate of drug-likeness (QED) is 0.685. The maximum absolute atomic E-state index is 12.2. The molecule has 0 aromatic rings. The zero-order valence-electron chi connectivity index (χ0n) is 9.87. The molecule has 1 aliphatic heterocycles. The Morgan fingerprint density at radius 3 is 2.60 bits per heavy atom. The fourth-order valence-corrected chi connectivity index (χ4v) is 3.03. The van der Waals surface area contributed by atoms with Gasteiger partial charge in [-0.15, -0.1) is 0 Å². The van der Waals surface area contributed by atoms with E-state index in [2.05, 4.69) is 11.8 Å². The van der Waals surface area contributed by atoms with Crippen LogP contribution in [0.5, 0.6) is 0 Å². The Balaban J connectivity index is 1.88. The highest BCUT2D eigenvalue weighted by Gasteiger charge is 2.29. The first-order chi connectivity index (χ1) is 7.31. The number of hydrogen-bond donors (Lipinski definition) is 0. The monoisotopic (exact) mass is 209 g/mol. The molecule has 0 radical (unpaired) electrons. The van der Waals surface area contributed by atoms with Crippen molar-refractivity contribution in [1.82, 2.24) is 4.90 Å². The summed E-state index contributed by atoms with van der Waals surface area (Å²) < 4.78 is 0. The highest BCUT2D eigenvalue weighted by Crippen LogP contribution is 2.28. The van der Waals surface area contributed by atoms with Crippen LogP contribution < -0.4 is 0 Å². The van der Waals surface area contributed by atoms with Gasteiger partial charge in [0.1, 0.15) is 0 Å². The summed E-state index contributed by atoms with van der Waals surface area (Å²) in [4.78, 5) is 14.3. The van der Waals surface area contributed by atoms with Crippen molar-refractivity contribution in [1.29, 1.82) is 0 Å². The number of amides is 1. The Hall–Kier alpha value is -0.530. The van der Waals surface area contributed by atoms with Crippen LogP contribution in [0.2, 0.25) is 0 Å². The van der Waals surface area contributed by atoms with Crippen LogP contribution in [0.15, 0.2) is 0 Å². The topological polar surface area (TPSA) is 20.3 Å². The van der Waals surface area contributed by atoms with Gasteiger partial charge in [-0.05, 0) is 31.6 Å². The number of likely N-dealkylation sites (tertiary alicyclic amines) is 1. The SMILES string of the molecule is CCC1CCCN(C(=O)C2CCCC2)C1. The van der Waals surface area contributed by atoms with E-state index in [0.29, 0.717) is 11.8 Å². The standard InChI is InChI=1S/C13H23NO/c1-2-11-6-5-9-14(10-11)13(15)12-7-3-4-8-12/h11-12H,2-10H2,1H3. The number of carbonyl (C=O) groups is 1. The van der Waals surface area contributed by atoms with E-state index in [9.17, 15) is 4.79 Å². The van der Waals surface area contributed by atoms with E-state index in [1.807, 2.05) is 0 Å². The van der Waals surface area contributed by atoms with Gasteiger partial charge in [-0.25, -0.2) is 0 Å². The third kappa shape index (κ3) is 2.53. The predicted molar refractivity (Wildman–Crippen MR) is 61.6 cm³/mol. The van der Waals surface area contributed by atoms with Gasteiger partial charge in [-0.2, -0.15) is 0 Å². The first kappa shape index (κ1) is 11.0. The lowest BCUT2D eigenvalue weighted by Gasteiger charge is -2.34. The van der Waals surface area contributed by atoms with Crippen molar-refractivity contribution in [2.24, 2.45) is 11.8 Å². The molecule has 0 spiro atoms. The summed E-state index contributed by atoms with van der Waals surface area (Å²) in [6.45, 7) is 4.30. The van der Waals surface area contributed by atoms with Crippen LogP contribution in [0.3, 0.4) is 0 Å². The molecule has 0 bridgehead atoms. The minimum atomic E-state index is 0.376. The third-order valence-corrected chi connectivity index (χ3v) is 4.11. The molecule has 1 amide bonds. The van der Waals surface area contributed by atoms with Gasteiger partial charge in [-0.1, -0.05) is 26.2 Å². The molecule has 15 heavy (non-hydrogen) atoms. The van der Waals surface area contributed by atoms with Crippen molar-refractivity contribution < 1.29 is 4.79 Å². The van der Waals surface area contributed by atoms with Crippen LogP contribution in [0.25, 0.3) is 0 Å². The van der Waals surface area contributed by atoms with Gasteiger partial charge >= 0.3 is 0 Å². The largest absolute Gasteiger partial charge is 0.342 e. The Kier molecular flexibility index (Phi) is 3.66. The molecule has 0 N–H and O–H groups in total. The molecule has 1 saturated carbocycles. The Bertz CT molecular complexity index is 221. The van der Waals surface area contributed by atoms with Crippen LogP contribution >= 0.6 is 0 Å². The molecule has 1 unspecified atom stereocenters. The van der Waals surface area contributed by atoms with E-state index in [4.69, 9.17) is 0 Å². The van der Waals surface area contributed by atoms with Crippen LogP contribution in [-0.4, -0.2) is 23.9 Å². The zero-order chi connectivity index (χ0) is 10.7. The van der Waals surface area contributed by atoms with Crippen molar-refractivity contribution in [2.75, 3.05) is 13.1 Å². The lowest BCUT2D eigenvalue weighted by atomic mass is 9.94. The molecular formula is C13H23NO. The molecule has 1 aliphatic carbocycles. The van der Waals surface area contributed by atoms with Crippen LogP contribution in [0.4, 0.5) is 0 Å². The lowest BCUT2D eigenvalue weighted by molar-refractivity contribution is -0.137. The summed E-state index contributed by atoms with van der Waals surface area (Å²) in [5, 5.41) is 0. The summed E-state index contributed by atoms with van der Waals surface area (Å²) in [5.74, 6) is 1.61. The predicted octanol–water partition coefficient (Wildman–Crippen LogP) is 2.83. The van der Waals surface area contributed by atoms with Gasteiger partial charge in [0, 0.05) is 19.0 Å². The molecule has 2 heteroatoms. The number of carbonyl (C=O) groups excluding carboxylic acids is 1. The average Bonchev–Trinajstić information content (AvgIpc) is 2.81. The molecule has 0 aromatic carbocycles. The van der Waals surface area contributed by atoms with Gasteiger partial charge < -0.3 is 4.90 Å². The highest BCUT2D eigenvalue weighted by molar-refractivity contribution is 5.79. The minimum absolute atomic E-state index is 0.376. The van der Waals surface area contributed by atoms with E-state index >= 15 is 0 Å². The smallest absolute Gasteiger partial charge is 0.225 e. The summed E-state index contributed by atoms with van der Waals surface area (Å²) in [5.41, 5.74) is 0. The normalized spacial score (nSPS) is 28.3. The number of nitrogens with zero attached hydrogens (tertiary/aromatic N) is 1. The second-order valence-corrected chi connectivity index (χ2v) is 5.18. The zero-order valence-corrected chi connectivity index (χ0v) is 9.87. The van der Waals surface area contributed by atoms with Gasteiger partial charge in [0.15, 0.2) is 0 Å². The molecule has 2 fully saturated rings. The number of hydrogen-bond acceptors (Lipinski definition) is 1. The van der Waals surface area contributed by atoms with Crippen molar-refractivity contribution in [3.8, 4) is 0 Å². The molecule has 1 heterocycles. The second kappa shape index (κ2) is 5.00. The maximum Gasteiger partial charge on any atom is 0.225 e. The van der Waals surface area contributed by atoms with Crippen molar-refractivity contribution in [3.63, 3.8) is 0 Å². The van der Waals surface area contributed by atoms with E-state index in [-0.39, 0.29) is 0 Å². The maximum atomic E-state index is 12.2. The van der Waals surface area contributed by atoms with E-state index in [0.717, 1.165) is 31.8 Å². The second-order valence-electron chi connectivity index (χ2n) is 5.18. The Morgan fingerprint density at radius 2 is 1.93 bits per heavy atom. The lowest BCUT2D eigenvalue weighted by Crippen LogP contribution is -2.42. The summed E-state index contributed by atoms with van der Waals surface area (Å²) in [6, 6.07) is 0. The average molecular weight is 209 g/mol. The molecular weight excluding hydrogens is 186 g/mol. The van der Waals surface area contributed by atoms with Crippen LogP contribution in [-0.2, 0) is 4.79 Å². The third-order valence-electron chi connectivity index (χ3n) is 4.11. The van der Waals surface area contributed by atoms with Crippen molar-refractivity contribution in [3.05, 3.63) is 0 Å². The first-order valence-electron chi connectivity index (χ1n) is 6.60. The fourth-order valence-electron chi connectivity index (χ4n) is 3.03. The van der Waals surface area contributed by atoms with Crippen molar-refractivity contribution in [2.45, 2.75) is 51.9 Å². The fraction of sp³-hybridized carbons (Fsp3) is 0.923. The number of piperidine rings is 1. The molecule has 0 aromatic heterocycles. The van der Waals surface area contributed by atoms with Crippen molar-refractivity contribution >= 4 is 5.91 Å². The summed E-state index contributed by atoms with van der Waals surface area (Å²) in [6.07, 6.45) is 8.59. The minimum Gasteiger partial charge on any atom is -0.342 e. The van der Waals surface area contributed by atoms with Crippen LogP contribution in [0.1, 0.15) is 51.9 Å². The van der Waals surface area contributed by atoms with Crippen LogP contribution in [0, 0.1) is 11.8 Å². The van der Waals surface area contributed by atoms with E-state index in [1.165, 1.54) is 32.1 Å². The summed E-state index contributed by atoms with van der Waals surface area (Å²) in [7, 11) is 0. The Labute approximate surface area is 93.0 Å².